The van der Waals surface area contributed by atoms with E-state index in [1.54, 1.807) is 0 Å². The molecule has 0 aromatic heterocycles. The van der Waals surface area contributed by atoms with Gasteiger partial charge < -0.3 is 10.2 Å². The minimum atomic E-state index is -0.0821. The van der Waals surface area contributed by atoms with Gasteiger partial charge in [-0.1, -0.05) is 48.0 Å². The number of aryl methyl sites for hydroxylation is 1. The van der Waals surface area contributed by atoms with Crippen LogP contribution in [0.1, 0.15) is 37.4 Å². The van der Waals surface area contributed by atoms with Crippen LogP contribution in [0.4, 0.5) is 5.69 Å². The fourth-order valence-corrected chi connectivity index (χ4v) is 3.50. The van der Waals surface area contributed by atoms with Crippen LogP contribution in [0, 0.1) is 6.92 Å². The summed E-state index contributed by atoms with van der Waals surface area (Å²) in [5, 5.41) is 2.97. The number of nitrogens with zero attached hydrogens (tertiary/aromatic N) is 1. The summed E-state index contributed by atoms with van der Waals surface area (Å²) in [5.74, 6) is -0.0545. The SMILES string of the molecule is Cc1ccc(C(=O)NCc2ccc3c(c2)CCN3C(=O)c2ccccc2)cc1. The van der Waals surface area contributed by atoms with Crippen molar-refractivity contribution in [3.8, 4) is 0 Å². The summed E-state index contributed by atoms with van der Waals surface area (Å²) in [6, 6.07) is 22.9. The van der Waals surface area contributed by atoms with E-state index in [4.69, 9.17) is 0 Å². The molecule has 4 rings (SSSR count). The lowest BCUT2D eigenvalue weighted by molar-refractivity contribution is 0.0949. The van der Waals surface area contributed by atoms with E-state index in [-0.39, 0.29) is 11.8 Å². The largest absolute Gasteiger partial charge is 0.348 e. The highest BCUT2D eigenvalue weighted by atomic mass is 16.2. The summed E-state index contributed by atoms with van der Waals surface area (Å²) >= 11 is 0. The molecular formula is C24H22N2O2. The first-order valence-corrected chi connectivity index (χ1v) is 9.45. The van der Waals surface area contributed by atoms with Crippen molar-refractivity contribution in [3.63, 3.8) is 0 Å². The predicted molar refractivity (Wildman–Crippen MR) is 111 cm³/mol. The molecule has 1 aliphatic rings. The fourth-order valence-electron chi connectivity index (χ4n) is 3.50. The van der Waals surface area contributed by atoms with Gasteiger partial charge in [-0.15, -0.1) is 0 Å². The van der Waals surface area contributed by atoms with E-state index in [1.807, 2.05) is 78.6 Å². The molecule has 0 radical (unpaired) electrons. The van der Waals surface area contributed by atoms with E-state index in [0.29, 0.717) is 24.2 Å². The second-order valence-corrected chi connectivity index (χ2v) is 7.08. The number of carbonyl (C=O) groups is 2. The Labute approximate surface area is 164 Å². The Morgan fingerprint density at radius 1 is 0.929 bits per heavy atom. The van der Waals surface area contributed by atoms with Crippen molar-refractivity contribution in [2.75, 3.05) is 11.4 Å². The fraction of sp³-hybridized carbons (Fsp3) is 0.167. The van der Waals surface area contributed by atoms with Crippen LogP contribution in [0.25, 0.3) is 0 Å². The second kappa shape index (κ2) is 7.69. The molecule has 4 nitrogen and oxygen atoms in total. The van der Waals surface area contributed by atoms with Crippen molar-refractivity contribution in [2.45, 2.75) is 19.9 Å². The van der Waals surface area contributed by atoms with E-state index in [2.05, 4.69) is 11.4 Å². The lowest BCUT2D eigenvalue weighted by atomic mass is 10.1. The summed E-state index contributed by atoms with van der Waals surface area (Å²) in [6.07, 6.45) is 0.827. The van der Waals surface area contributed by atoms with Gasteiger partial charge in [0, 0.05) is 29.9 Å². The molecule has 0 atom stereocenters. The first-order valence-electron chi connectivity index (χ1n) is 9.45. The number of benzene rings is 3. The Hall–Kier alpha value is -3.40. The zero-order chi connectivity index (χ0) is 19.5. The molecule has 3 aromatic carbocycles. The molecule has 0 saturated heterocycles. The molecule has 1 N–H and O–H groups in total. The van der Waals surface area contributed by atoms with Crippen LogP contribution in [0.3, 0.4) is 0 Å². The highest BCUT2D eigenvalue weighted by Gasteiger charge is 2.25. The minimum Gasteiger partial charge on any atom is -0.348 e. The average Bonchev–Trinajstić information content (AvgIpc) is 3.16. The van der Waals surface area contributed by atoms with Gasteiger partial charge in [-0.3, -0.25) is 9.59 Å². The molecule has 0 bridgehead atoms. The van der Waals surface area contributed by atoms with Crippen molar-refractivity contribution in [2.24, 2.45) is 0 Å². The molecule has 0 fully saturated rings. The molecule has 0 spiro atoms. The van der Waals surface area contributed by atoms with Gasteiger partial charge in [0.05, 0.1) is 0 Å². The van der Waals surface area contributed by atoms with Gasteiger partial charge in [0.25, 0.3) is 11.8 Å². The van der Waals surface area contributed by atoms with Gasteiger partial charge in [-0.25, -0.2) is 0 Å². The third-order valence-electron chi connectivity index (χ3n) is 5.07. The second-order valence-electron chi connectivity index (χ2n) is 7.08. The number of fused-ring (bicyclic) bond motifs is 1. The molecule has 2 amide bonds. The number of hydrogen-bond acceptors (Lipinski definition) is 2. The van der Waals surface area contributed by atoms with Gasteiger partial charge in [0.2, 0.25) is 0 Å². The van der Waals surface area contributed by atoms with Crippen molar-refractivity contribution in [1.29, 1.82) is 0 Å². The molecule has 0 unspecified atom stereocenters. The first kappa shape index (κ1) is 18.0. The normalized spacial score (nSPS) is 12.5. The number of carbonyl (C=O) groups excluding carboxylic acids is 2. The summed E-state index contributed by atoms with van der Waals surface area (Å²) in [5.41, 5.74) is 5.63. The Morgan fingerprint density at radius 3 is 2.43 bits per heavy atom. The Balaban J connectivity index is 1.44. The van der Waals surface area contributed by atoms with Crippen LogP contribution in [-0.4, -0.2) is 18.4 Å². The molecular weight excluding hydrogens is 348 g/mol. The summed E-state index contributed by atoms with van der Waals surface area (Å²) < 4.78 is 0. The van der Waals surface area contributed by atoms with E-state index < -0.39 is 0 Å². The van der Waals surface area contributed by atoms with Crippen LogP contribution in [-0.2, 0) is 13.0 Å². The van der Waals surface area contributed by atoms with Gasteiger partial charge in [-0.2, -0.15) is 0 Å². The summed E-state index contributed by atoms with van der Waals surface area (Å²) in [6.45, 7) is 3.15. The first-order chi connectivity index (χ1) is 13.6. The van der Waals surface area contributed by atoms with E-state index >= 15 is 0 Å². The molecule has 1 heterocycles. The molecule has 3 aromatic rings. The van der Waals surface area contributed by atoms with Crippen LogP contribution < -0.4 is 10.2 Å². The van der Waals surface area contributed by atoms with Gasteiger partial charge >= 0.3 is 0 Å². The maximum absolute atomic E-state index is 12.8. The van der Waals surface area contributed by atoms with Crippen LogP contribution in [0.2, 0.25) is 0 Å². The Kier molecular flexibility index (Phi) is 4.94. The lowest BCUT2D eigenvalue weighted by Gasteiger charge is -2.17. The van der Waals surface area contributed by atoms with Crippen molar-refractivity contribution in [1.82, 2.24) is 5.32 Å². The van der Waals surface area contributed by atoms with Crippen LogP contribution in [0.5, 0.6) is 0 Å². The van der Waals surface area contributed by atoms with Gasteiger partial charge in [0.15, 0.2) is 0 Å². The molecule has 4 heteroatoms. The topological polar surface area (TPSA) is 49.4 Å². The Morgan fingerprint density at radius 2 is 1.68 bits per heavy atom. The van der Waals surface area contributed by atoms with Gasteiger partial charge in [-0.05, 0) is 54.8 Å². The van der Waals surface area contributed by atoms with Crippen LogP contribution >= 0.6 is 0 Å². The molecule has 1 aliphatic heterocycles. The van der Waals surface area contributed by atoms with Crippen molar-refractivity contribution in [3.05, 3.63) is 101 Å². The third-order valence-corrected chi connectivity index (χ3v) is 5.07. The van der Waals surface area contributed by atoms with E-state index in [9.17, 15) is 9.59 Å². The quantitative estimate of drug-likeness (QED) is 0.751. The molecule has 0 aliphatic carbocycles. The smallest absolute Gasteiger partial charge is 0.258 e. The predicted octanol–water partition coefficient (Wildman–Crippen LogP) is 4.13. The molecule has 140 valence electrons. The minimum absolute atomic E-state index is 0.0276. The van der Waals surface area contributed by atoms with Crippen molar-refractivity contribution < 1.29 is 9.59 Å². The lowest BCUT2D eigenvalue weighted by Crippen LogP contribution is -2.28. The number of nitrogens with one attached hydrogen (secondary N) is 1. The number of hydrogen-bond donors (Lipinski definition) is 1. The monoisotopic (exact) mass is 370 g/mol. The maximum atomic E-state index is 12.8. The van der Waals surface area contributed by atoms with Gasteiger partial charge in [0.1, 0.15) is 0 Å². The van der Waals surface area contributed by atoms with Crippen molar-refractivity contribution >= 4 is 17.5 Å². The highest BCUT2D eigenvalue weighted by molar-refractivity contribution is 6.07. The standard InChI is InChI=1S/C24H22N2O2/c1-17-7-10-19(11-8-17)23(27)25-16-18-9-12-22-21(15-18)13-14-26(22)24(28)20-5-3-2-4-6-20/h2-12,15H,13-14,16H2,1H3,(H,25,27). The number of amides is 2. The maximum Gasteiger partial charge on any atom is 0.258 e. The van der Waals surface area contributed by atoms with Crippen LogP contribution in [0.15, 0.2) is 72.8 Å². The third kappa shape index (κ3) is 3.67. The highest BCUT2D eigenvalue weighted by Crippen LogP contribution is 2.30. The average molecular weight is 370 g/mol. The molecule has 0 saturated carbocycles. The molecule has 28 heavy (non-hydrogen) atoms. The van der Waals surface area contributed by atoms with E-state index in [0.717, 1.165) is 28.8 Å². The zero-order valence-corrected chi connectivity index (χ0v) is 15.8. The summed E-state index contributed by atoms with van der Waals surface area (Å²) in [4.78, 5) is 26.9. The Bertz CT molecular complexity index is 1010. The zero-order valence-electron chi connectivity index (χ0n) is 15.8. The van der Waals surface area contributed by atoms with E-state index in [1.165, 1.54) is 0 Å². The summed E-state index contributed by atoms with van der Waals surface area (Å²) in [7, 11) is 0. The number of rotatable bonds is 4. The number of anilines is 1.